The van der Waals surface area contributed by atoms with Crippen molar-refractivity contribution < 1.29 is 0 Å². The number of rotatable bonds is 3. The fraction of sp³-hybridized carbons (Fsp3) is 0.333. The molecule has 2 aromatic heterocycles. The topological polar surface area (TPSA) is 87.4 Å². The van der Waals surface area contributed by atoms with Crippen LogP contribution < -0.4 is 5.69 Å². The lowest BCUT2D eigenvalue weighted by Gasteiger charge is -2.18. The van der Waals surface area contributed by atoms with E-state index in [1.165, 1.54) is 4.57 Å². The zero-order chi connectivity index (χ0) is 19.8. The van der Waals surface area contributed by atoms with Gasteiger partial charge in [-0.3, -0.25) is 9.13 Å². The molecule has 3 aromatic rings. The Bertz CT molecular complexity index is 1160. The molecule has 6 nitrogen and oxygen atoms in total. The molecule has 0 saturated heterocycles. The normalized spacial score (nSPS) is 11.3. The van der Waals surface area contributed by atoms with Crippen LogP contribution in [0.2, 0.25) is 0 Å². The van der Waals surface area contributed by atoms with Gasteiger partial charge in [0.2, 0.25) is 0 Å². The third-order valence-corrected chi connectivity index (χ3v) is 4.38. The first-order chi connectivity index (χ1) is 12.7. The zero-order valence-corrected chi connectivity index (χ0v) is 15.9. The zero-order valence-electron chi connectivity index (χ0n) is 15.9. The largest absolute Gasteiger partial charge is 0.330 e. The number of aryl methyl sites for hydroxylation is 1. The Labute approximate surface area is 157 Å². The van der Waals surface area contributed by atoms with Crippen molar-refractivity contribution in [2.45, 2.75) is 33.7 Å². The molecule has 0 bridgehead atoms. The Kier molecular flexibility index (Phi) is 4.59. The number of imidazole rings is 1. The van der Waals surface area contributed by atoms with Gasteiger partial charge in [0, 0.05) is 19.2 Å². The van der Waals surface area contributed by atoms with Gasteiger partial charge in [-0.05, 0) is 35.2 Å². The van der Waals surface area contributed by atoms with Crippen LogP contribution in [-0.4, -0.2) is 14.1 Å². The first-order valence-corrected chi connectivity index (χ1v) is 8.72. The maximum Gasteiger partial charge on any atom is 0.330 e. The smallest absolute Gasteiger partial charge is 0.290 e. The Hall–Kier alpha value is -3.38. The predicted octanol–water partition coefficient (Wildman–Crippen LogP) is 3.39. The highest BCUT2D eigenvalue weighted by Crippen LogP contribution is 2.26. The van der Waals surface area contributed by atoms with Crippen molar-refractivity contribution in [3.05, 3.63) is 51.9 Å². The number of pyridine rings is 1. The summed E-state index contributed by atoms with van der Waals surface area (Å²) in [6, 6.07) is 13.3. The molecule has 0 amide bonds. The van der Waals surface area contributed by atoms with Gasteiger partial charge in [0.05, 0.1) is 35.3 Å². The van der Waals surface area contributed by atoms with Crippen LogP contribution in [0.3, 0.4) is 0 Å². The van der Waals surface area contributed by atoms with Crippen molar-refractivity contribution in [1.82, 2.24) is 14.1 Å². The lowest BCUT2D eigenvalue weighted by atomic mass is 9.97. The lowest BCUT2D eigenvalue weighted by Crippen LogP contribution is -2.27. The van der Waals surface area contributed by atoms with Gasteiger partial charge in [-0.1, -0.05) is 26.8 Å². The van der Waals surface area contributed by atoms with Crippen LogP contribution in [0.25, 0.3) is 22.4 Å². The maximum absolute atomic E-state index is 12.7. The number of nitriles is 2. The molecule has 0 fully saturated rings. The van der Waals surface area contributed by atoms with E-state index < -0.39 is 0 Å². The second-order valence-electron chi connectivity index (χ2n) is 7.85. The lowest BCUT2D eigenvalue weighted by molar-refractivity contribution is 0.342. The third kappa shape index (κ3) is 3.47. The summed E-state index contributed by atoms with van der Waals surface area (Å²) < 4.78 is 3.28. The number of fused-ring (bicyclic) bond motifs is 1. The highest BCUT2D eigenvalue weighted by Gasteiger charge is 2.19. The van der Waals surface area contributed by atoms with Crippen LogP contribution in [0, 0.1) is 28.1 Å². The van der Waals surface area contributed by atoms with E-state index in [-0.39, 0.29) is 17.5 Å². The molecule has 0 spiro atoms. The Morgan fingerprint density at radius 3 is 2.52 bits per heavy atom. The second-order valence-corrected chi connectivity index (χ2v) is 7.85. The Morgan fingerprint density at radius 2 is 1.89 bits per heavy atom. The van der Waals surface area contributed by atoms with Gasteiger partial charge < -0.3 is 0 Å². The molecular formula is C21H21N5O. The molecule has 136 valence electrons. The first kappa shape index (κ1) is 18.4. The summed E-state index contributed by atoms with van der Waals surface area (Å²) in [5.41, 5.74) is 3.80. The summed E-state index contributed by atoms with van der Waals surface area (Å²) in [7, 11) is 1.71. The van der Waals surface area contributed by atoms with Gasteiger partial charge in [-0.15, -0.1) is 0 Å². The monoisotopic (exact) mass is 359 g/mol. The molecule has 1 aromatic carbocycles. The molecule has 6 heteroatoms. The van der Waals surface area contributed by atoms with Crippen LogP contribution >= 0.6 is 0 Å². The average molecular weight is 359 g/mol. The van der Waals surface area contributed by atoms with Gasteiger partial charge >= 0.3 is 5.69 Å². The van der Waals surface area contributed by atoms with E-state index in [1.807, 2.05) is 18.2 Å². The minimum Gasteiger partial charge on any atom is -0.290 e. The van der Waals surface area contributed by atoms with E-state index in [0.29, 0.717) is 29.0 Å². The molecule has 0 aliphatic carbocycles. The van der Waals surface area contributed by atoms with Crippen LogP contribution in [0.5, 0.6) is 0 Å². The van der Waals surface area contributed by atoms with Gasteiger partial charge in [0.1, 0.15) is 0 Å². The minimum absolute atomic E-state index is 0.0453. The van der Waals surface area contributed by atoms with E-state index in [0.717, 1.165) is 11.1 Å². The summed E-state index contributed by atoms with van der Waals surface area (Å²) in [5.74, 6) is 0. The van der Waals surface area contributed by atoms with Crippen LogP contribution in [0.4, 0.5) is 0 Å². The fourth-order valence-electron chi connectivity index (χ4n) is 3.15. The molecule has 27 heavy (non-hydrogen) atoms. The SMILES string of the molecule is Cn1c(=O)n(CC(C)(C)C)c2ccc(-c3cc(CC#N)ccc3C#N)nc21. The average Bonchev–Trinajstić information content (AvgIpc) is 2.85. The minimum atomic E-state index is -0.108. The summed E-state index contributed by atoms with van der Waals surface area (Å²) in [6.45, 7) is 6.84. The summed E-state index contributed by atoms with van der Waals surface area (Å²) >= 11 is 0. The molecular weight excluding hydrogens is 338 g/mol. The van der Waals surface area contributed by atoms with Gasteiger partial charge in [0.15, 0.2) is 5.65 Å². The number of hydrogen-bond acceptors (Lipinski definition) is 4. The predicted molar refractivity (Wildman–Crippen MR) is 104 cm³/mol. The standard InChI is InChI=1S/C21H21N5O/c1-21(2,3)13-26-18-8-7-17(24-19(18)25(4)20(26)27)16-11-14(9-10-22)5-6-15(16)12-23/h5-8,11H,9,13H2,1-4H3. The molecule has 0 N–H and O–H groups in total. The van der Waals surface area contributed by atoms with Gasteiger partial charge in [-0.2, -0.15) is 10.5 Å². The van der Waals surface area contributed by atoms with E-state index in [4.69, 9.17) is 5.26 Å². The highest BCUT2D eigenvalue weighted by atomic mass is 16.1. The fourth-order valence-corrected chi connectivity index (χ4v) is 3.15. The van der Waals surface area contributed by atoms with Crippen molar-refractivity contribution in [2.75, 3.05) is 0 Å². The molecule has 0 atom stereocenters. The van der Waals surface area contributed by atoms with E-state index >= 15 is 0 Å². The molecule has 0 aliphatic heterocycles. The summed E-state index contributed by atoms with van der Waals surface area (Å²) in [6.07, 6.45) is 0.265. The van der Waals surface area contributed by atoms with E-state index in [1.54, 1.807) is 23.7 Å². The van der Waals surface area contributed by atoms with Crippen molar-refractivity contribution in [3.63, 3.8) is 0 Å². The molecule has 0 saturated carbocycles. The first-order valence-electron chi connectivity index (χ1n) is 8.72. The maximum atomic E-state index is 12.7. The van der Waals surface area contributed by atoms with Crippen molar-refractivity contribution in [3.8, 4) is 23.4 Å². The second kappa shape index (κ2) is 6.74. The summed E-state index contributed by atoms with van der Waals surface area (Å²) in [5, 5.41) is 18.4. The van der Waals surface area contributed by atoms with E-state index in [2.05, 4.69) is 37.9 Å². The number of nitrogens with zero attached hydrogens (tertiary/aromatic N) is 5. The number of hydrogen-bond donors (Lipinski definition) is 0. The third-order valence-electron chi connectivity index (χ3n) is 4.38. The van der Waals surface area contributed by atoms with Crippen LogP contribution in [0.15, 0.2) is 35.1 Å². The van der Waals surface area contributed by atoms with Gasteiger partial charge in [0.25, 0.3) is 0 Å². The molecule has 2 heterocycles. The van der Waals surface area contributed by atoms with E-state index in [9.17, 15) is 10.1 Å². The van der Waals surface area contributed by atoms with Crippen LogP contribution in [-0.2, 0) is 20.0 Å². The number of benzene rings is 1. The van der Waals surface area contributed by atoms with Crippen molar-refractivity contribution >= 4 is 11.2 Å². The molecule has 0 radical (unpaired) electrons. The highest BCUT2D eigenvalue weighted by molar-refractivity contribution is 5.78. The summed E-state index contributed by atoms with van der Waals surface area (Å²) in [4.78, 5) is 17.3. The molecule has 0 unspecified atom stereocenters. The molecule has 0 aliphatic rings. The Morgan fingerprint density at radius 1 is 1.15 bits per heavy atom. The quantitative estimate of drug-likeness (QED) is 0.717. The van der Waals surface area contributed by atoms with Crippen LogP contribution in [0.1, 0.15) is 31.9 Å². The Balaban J connectivity index is 2.21. The van der Waals surface area contributed by atoms with Crippen molar-refractivity contribution in [2.24, 2.45) is 12.5 Å². The molecule has 3 rings (SSSR count). The van der Waals surface area contributed by atoms with Gasteiger partial charge in [-0.25, -0.2) is 9.78 Å². The number of aromatic nitrogens is 3. The van der Waals surface area contributed by atoms with Crippen molar-refractivity contribution in [1.29, 1.82) is 10.5 Å².